The second-order valence-corrected chi connectivity index (χ2v) is 11.2. The molecular formula is C35H31ClN4O5. The number of carbonyl (C=O) groups is 1. The predicted molar refractivity (Wildman–Crippen MR) is 171 cm³/mol. The average Bonchev–Trinajstić information content (AvgIpc) is 3.06. The summed E-state index contributed by atoms with van der Waals surface area (Å²) in [6.45, 7) is 3.18. The maximum atomic E-state index is 11.7. The molecule has 45 heavy (non-hydrogen) atoms. The molecule has 10 heteroatoms. The Morgan fingerprint density at radius 2 is 1.84 bits per heavy atom. The Morgan fingerprint density at radius 1 is 1.02 bits per heavy atom. The Labute approximate surface area is 265 Å². The van der Waals surface area contributed by atoms with Crippen molar-refractivity contribution in [2.45, 2.75) is 39.1 Å². The molecule has 0 radical (unpaired) electrons. The minimum Gasteiger partial charge on any atom is -0.488 e. The van der Waals surface area contributed by atoms with Crippen LogP contribution in [0.5, 0.6) is 11.5 Å². The van der Waals surface area contributed by atoms with Crippen LogP contribution in [0.2, 0.25) is 5.02 Å². The van der Waals surface area contributed by atoms with Gasteiger partial charge in [0.25, 0.3) is 0 Å². The molecule has 1 atom stereocenters. The largest absolute Gasteiger partial charge is 0.488 e. The molecule has 9 nitrogen and oxygen atoms in total. The summed E-state index contributed by atoms with van der Waals surface area (Å²) in [5, 5.41) is 32.8. The minimum absolute atomic E-state index is 0.0386. The number of pyridine rings is 2. The molecule has 0 saturated carbocycles. The number of fused-ring (bicyclic) bond motifs is 1. The first kappa shape index (κ1) is 31.4. The van der Waals surface area contributed by atoms with Gasteiger partial charge in [0.05, 0.1) is 22.7 Å². The summed E-state index contributed by atoms with van der Waals surface area (Å²) in [6, 6.07) is 23.3. The first-order valence-electron chi connectivity index (χ1n) is 14.2. The van der Waals surface area contributed by atoms with Crippen molar-refractivity contribution in [2.24, 2.45) is 0 Å². The van der Waals surface area contributed by atoms with Gasteiger partial charge in [0, 0.05) is 47.7 Å². The van der Waals surface area contributed by atoms with E-state index in [4.69, 9.17) is 21.1 Å². The van der Waals surface area contributed by atoms with Gasteiger partial charge in [-0.3, -0.25) is 20.1 Å². The highest BCUT2D eigenvalue weighted by atomic mass is 35.5. The standard InChI is InChI=1S/C35H31ClN4O5/c1-22-27(5-3-7-29(22)26-9-8-25-6-4-10-39-31(25)13-26)20-45-33-14-32(44-19-24-11-23(15-37)16-38-17-24)28(12-30(33)36)18-40-35(2,21-41)34(42)43/h3-14,16-17,40-41H,18-21H2,1-2H3,(H,42,43)/t35-/m1/s1. The van der Waals surface area contributed by atoms with Crippen LogP contribution >= 0.6 is 11.6 Å². The van der Waals surface area contributed by atoms with Crippen LogP contribution in [0.3, 0.4) is 0 Å². The number of carboxylic acids is 1. The van der Waals surface area contributed by atoms with Gasteiger partial charge in [-0.15, -0.1) is 0 Å². The number of nitrogens with one attached hydrogen (secondary N) is 1. The van der Waals surface area contributed by atoms with Crippen LogP contribution in [-0.2, 0) is 24.6 Å². The van der Waals surface area contributed by atoms with Crippen LogP contribution < -0.4 is 14.8 Å². The van der Waals surface area contributed by atoms with Crippen molar-refractivity contribution in [1.82, 2.24) is 15.3 Å². The lowest BCUT2D eigenvalue weighted by molar-refractivity contribution is -0.145. The number of ether oxygens (including phenoxy) is 2. The van der Waals surface area contributed by atoms with Crippen LogP contribution in [0.4, 0.5) is 0 Å². The summed E-state index contributed by atoms with van der Waals surface area (Å²) in [4.78, 5) is 20.3. The van der Waals surface area contributed by atoms with Gasteiger partial charge >= 0.3 is 5.97 Å². The lowest BCUT2D eigenvalue weighted by Crippen LogP contribution is -2.52. The first-order valence-corrected chi connectivity index (χ1v) is 14.5. The second kappa shape index (κ2) is 13.7. The van der Waals surface area contributed by atoms with Crippen molar-refractivity contribution in [3.05, 3.63) is 118 Å². The van der Waals surface area contributed by atoms with Crippen molar-refractivity contribution in [1.29, 1.82) is 5.26 Å². The number of aliphatic hydroxyl groups is 1. The quantitative estimate of drug-likeness (QED) is 0.148. The van der Waals surface area contributed by atoms with E-state index in [-0.39, 0.29) is 19.8 Å². The van der Waals surface area contributed by atoms with Crippen LogP contribution in [0.25, 0.3) is 22.0 Å². The van der Waals surface area contributed by atoms with E-state index in [1.54, 1.807) is 30.6 Å². The molecule has 0 aliphatic carbocycles. The first-order chi connectivity index (χ1) is 21.7. The fourth-order valence-electron chi connectivity index (χ4n) is 4.78. The maximum Gasteiger partial charge on any atom is 0.326 e. The van der Waals surface area contributed by atoms with E-state index in [0.717, 1.165) is 33.2 Å². The lowest BCUT2D eigenvalue weighted by atomic mass is 9.96. The molecule has 0 bridgehead atoms. The molecule has 0 unspecified atom stereocenters. The number of aliphatic hydroxyl groups excluding tert-OH is 1. The van der Waals surface area contributed by atoms with Crippen LogP contribution in [0.1, 0.15) is 34.7 Å². The van der Waals surface area contributed by atoms with E-state index in [1.165, 1.54) is 13.1 Å². The monoisotopic (exact) mass is 622 g/mol. The third-order valence-corrected chi connectivity index (χ3v) is 7.93. The number of rotatable bonds is 12. The van der Waals surface area contributed by atoms with Crippen molar-refractivity contribution in [2.75, 3.05) is 6.61 Å². The molecule has 0 aliphatic rings. The molecule has 3 N–H and O–H groups in total. The van der Waals surface area contributed by atoms with Gasteiger partial charge in [-0.25, -0.2) is 0 Å². The fraction of sp³-hybridized carbons (Fsp3) is 0.200. The predicted octanol–water partition coefficient (Wildman–Crippen LogP) is 6.21. The smallest absolute Gasteiger partial charge is 0.326 e. The zero-order chi connectivity index (χ0) is 32.0. The lowest BCUT2D eigenvalue weighted by Gasteiger charge is -2.25. The summed E-state index contributed by atoms with van der Waals surface area (Å²) in [6.07, 6.45) is 4.84. The average molecular weight is 623 g/mol. The Hall–Kier alpha value is -5.01. The Morgan fingerprint density at radius 3 is 2.62 bits per heavy atom. The number of aromatic nitrogens is 2. The van der Waals surface area contributed by atoms with Gasteiger partial charge in [0.15, 0.2) is 0 Å². The van der Waals surface area contributed by atoms with Crippen molar-refractivity contribution in [3.8, 4) is 28.7 Å². The van der Waals surface area contributed by atoms with Gasteiger partial charge in [0.2, 0.25) is 0 Å². The summed E-state index contributed by atoms with van der Waals surface area (Å²) >= 11 is 6.67. The van der Waals surface area contributed by atoms with Crippen LogP contribution in [0.15, 0.2) is 85.3 Å². The molecule has 2 aromatic heterocycles. The molecule has 3 aromatic carbocycles. The molecule has 0 fully saturated rings. The summed E-state index contributed by atoms with van der Waals surface area (Å²) < 4.78 is 12.3. The van der Waals surface area contributed by atoms with Gasteiger partial charge in [-0.05, 0) is 60.4 Å². The molecule has 5 aromatic rings. The van der Waals surface area contributed by atoms with E-state index in [0.29, 0.717) is 33.2 Å². The summed E-state index contributed by atoms with van der Waals surface area (Å²) in [5.74, 6) is -0.429. The maximum absolute atomic E-state index is 11.7. The minimum atomic E-state index is -1.58. The highest BCUT2D eigenvalue weighted by molar-refractivity contribution is 6.32. The van der Waals surface area contributed by atoms with Crippen molar-refractivity contribution >= 4 is 28.5 Å². The third kappa shape index (κ3) is 7.21. The molecule has 228 valence electrons. The highest BCUT2D eigenvalue weighted by Crippen LogP contribution is 2.35. The molecule has 0 saturated heterocycles. The third-order valence-electron chi connectivity index (χ3n) is 7.64. The van der Waals surface area contributed by atoms with Crippen LogP contribution in [0, 0.1) is 18.3 Å². The Balaban J connectivity index is 1.40. The normalized spacial score (nSPS) is 12.3. The number of nitrogens with zero attached hydrogens (tertiary/aromatic N) is 3. The number of nitriles is 1. The molecule has 5 rings (SSSR count). The number of halogens is 1. The molecule has 0 aliphatic heterocycles. The summed E-state index contributed by atoms with van der Waals surface area (Å²) in [5.41, 5.74) is 5.12. The molecule has 0 spiro atoms. The SMILES string of the molecule is Cc1c(COc2cc(OCc3cncc(C#N)c3)c(CN[C@](C)(CO)C(=O)O)cc2Cl)cccc1-c1ccc2cccnc2c1. The van der Waals surface area contributed by atoms with Crippen molar-refractivity contribution in [3.63, 3.8) is 0 Å². The highest BCUT2D eigenvalue weighted by Gasteiger charge is 2.32. The summed E-state index contributed by atoms with van der Waals surface area (Å²) in [7, 11) is 0. The second-order valence-electron chi connectivity index (χ2n) is 10.8. The van der Waals surface area contributed by atoms with Gasteiger partial charge < -0.3 is 19.7 Å². The van der Waals surface area contributed by atoms with E-state index < -0.39 is 18.1 Å². The van der Waals surface area contributed by atoms with Crippen LogP contribution in [-0.4, -0.2) is 38.3 Å². The van der Waals surface area contributed by atoms with E-state index in [2.05, 4.69) is 45.6 Å². The van der Waals surface area contributed by atoms with Gasteiger partial charge in [-0.1, -0.05) is 48.0 Å². The number of carboxylic acid groups (broad SMARTS) is 1. The van der Waals surface area contributed by atoms with E-state index in [1.807, 2.05) is 31.2 Å². The number of hydrogen-bond acceptors (Lipinski definition) is 8. The van der Waals surface area contributed by atoms with E-state index in [9.17, 15) is 20.3 Å². The number of hydrogen-bond donors (Lipinski definition) is 3. The fourth-order valence-corrected chi connectivity index (χ4v) is 5.02. The number of benzene rings is 3. The molecule has 2 heterocycles. The zero-order valence-electron chi connectivity index (χ0n) is 24.8. The Bertz CT molecular complexity index is 1910. The number of aliphatic carboxylic acids is 1. The van der Waals surface area contributed by atoms with Gasteiger partial charge in [-0.2, -0.15) is 5.26 Å². The topological polar surface area (TPSA) is 138 Å². The molecule has 0 amide bonds. The van der Waals surface area contributed by atoms with Crippen molar-refractivity contribution < 1.29 is 24.5 Å². The van der Waals surface area contributed by atoms with E-state index >= 15 is 0 Å². The Kier molecular flexibility index (Phi) is 9.59. The zero-order valence-corrected chi connectivity index (χ0v) is 25.5. The van der Waals surface area contributed by atoms with Gasteiger partial charge in [0.1, 0.15) is 36.3 Å². The molecular weight excluding hydrogens is 592 g/mol.